The lowest BCUT2D eigenvalue weighted by Crippen LogP contribution is -2.17. The maximum Gasteiger partial charge on any atom is 0.271 e. The Bertz CT molecular complexity index is 1430. The van der Waals surface area contributed by atoms with Crippen LogP contribution < -0.4 is 10.9 Å². The van der Waals surface area contributed by atoms with Gasteiger partial charge in [-0.25, -0.2) is 10.9 Å². The van der Waals surface area contributed by atoms with Crippen molar-refractivity contribution < 1.29 is 14.7 Å². The molecule has 4 aromatic rings. The van der Waals surface area contributed by atoms with Gasteiger partial charge in [-0.15, -0.1) is 0 Å². The molecule has 0 atom stereocenters. The van der Waals surface area contributed by atoms with Gasteiger partial charge in [0.15, 0.2) is 0 Å². The van der Waals surface area contributed by atoms with E-state index >= 15 is 0 Å². The average molecular weight is 634 g/mol. The van der Waals surface area contributed by atoms with Gasteiger partial charge in [-0.05, 0) is 66.1 Å². The van der Waals surface area contributed by atoms with Crippen molar-refractivity contribution in [3.05, 3.63) is 133 Å². The molecule has 0 aromatic heterocycles. The van der Waals surface area contributed by atoms with Crippen molar-refractivity contribution >= 4 is 56.1 Å². The molecular formula is C29H22Br2N4O3. The maximum absolute atomic E-state index is 12.4. The molecule has 0 saturated carbocycles. The second-order valence-corrected chi connectivity index (χ2v) is 10.0. The van der Waals surface area contributed by atoms with E-state index in [2.05, 4.69) is 52.9 Å². The van der Waals surface area contributed by atoms with Crippen LogP contribution >= 0.6 is 31.9 Å². The Morgan fingerprint density at radius 3 is 1.66 bits per heavy atom. The van der Waals surface area contributed by atoms with Crippen LogP contribution in [0, 0.1) is 0 Å². The molecule has 4 aromatic carbocycles. The Kier molecular flexibility index (Phi) is 9.18. The van der Waals surface area contributed by atoms with E-state index in [1.807, 2.05) is 42.5 Å². The molecule has 0 bridgehead atoms. The SMILES string of the molecule is O=C(N/N=C/c1cc(Cc2ccccc2)cc(/C=N/NC(=O)c2cccc(Br)c2)c1O)c1cccc(Br)c1. The van der Waals surface area contributed by atoms with Crippen molar-refractivity contribution in [2.75, 3.05) is 0 Å². The number of carbonyl (C=O) groups is 2. The third kappa shape index (κ3) is 7.47. The number of halogens is 2. The van der Waals surface area contributed by atoms with Crippen LogP contribution in [0.1, 0.15) is 43.0 Å². The number of nitrogens with one attached hydrogen (secondary N) is 2. The van der Waals surface area contributed by atoms with Gasteiger partial charge in [-0.3, -0.25) is 9.59 Å². The van der Waals surface area contributed by atoms with Crippen LogP contribution in [0.2, 0.25) is 0 Å². The van der Waals surface area contributed by atoms with Crippen LogP contribution in [-0.2, 0) is 6.42 Å². The Labute approximate surface area is 236 Å². The Balaban J connectivity index is 1.56. The molecule has 7 nitrogen and oxygen atoms in total. The first-order chi connectivity index (χ1) is 18.4. The van der Waals surface area contributed by atoms with Gasteiger partial charge in [0.05, 0.1) is 12.4 Å². The fraction of sp³-hybridized carbons (Fsp3) is 0.0345. The highest BCUT2D eigenvalue weighted by Gasteiger charge is 2.10. The first kappa shape index (κ1) is 27.0. The van der Waals surface area contributed by atoms with E-state index in [4.69, 9.17) is 0 Å². The molecule has 0 spiro atoms. The fourth-order valence-corrected chi connectivity index (χ4v) is 4.38. The number of aromatic hydroxyl groups is 1. The molecule has 0 saturated heterocycles. The van der Waals surface area contributed by atoms with Gasteiger partial charge in [-0.2, -0.15) is 10.2 Å². The van der Waals surface area contributed by atoms with Crippen molar-refractivity contribution in [2.45, 2.75) is 6.42 Å². The molecule has 0 aliphatic carbocycles. The van der Waals surface area contributed by atoms with E-state index in [9.17, 15) is 14.7 Å². The average Bonchev–Trinajstić information content (AvgIpc) is 2.91. The van der Waals surface area contributed by atoms with E-state index in [1.54, 1.807) is 48.5 Å². The summed E-state index contributed by atoms with van der Waals surface area (Å²) in [5.74, 6) is -0.873. The predicted molar refractivity (Wildman–Crippen MR) is 156 cm³/mol. The second-order valence-electron chi connectivity index (χ2n) is 8.20. The standard InChI is InChI=1S/C29H22Br2N4O3/c30-25-10-4-8-21(15-25)28(37)34-32-17-23-13-20(12-19-6-2-1-3-7-19)14-24(27(23)36)18-33-35-29(38)22-9-5-11-26(31)16-22/h1-11,13-18,36H,12H2,(H,34,37)(H,35,38)/b32-17+,33-18+. The van der Waals surface area contributed by atoms with Crippen LogP contribution in [0.15, 0.2) is 110 Å². The summed E-state index contributed by atoms with van der Waals surface area (Å²) in [5, 5.41) is 19.0. The number of carbonyl (C=O) groups excluding carboxylic acids is 2. The normalized spacial score (nSPS) is 11.1. The number of nitrogens with zero attached hydrogens (tertiary/aromatic N) is 2. The summed E-state index contributed by atoms with van der Waals surface area (Å²) in [6.07, 6.45) is 3.34. The van der Waals surface area contributed by atoms with Gasteiger partial charge >= 0.3 is 0 Å². The Morgan fingerprint density at radius 1 is 0.684 bits per heavy atom. The van der Waals surface area contributed by atoms with E-state index in [0.717, 1.165) is 20.1 Å². The summed E-state index contributed by atoms with van der Waals surface area (Å²) in [4.78, 5) is 24.8. The second kappa shape index (κ2) is 12.9. The van der Waals surface area contributed by atoms with Crippen molar-refractivity contribution in [3.63, 3.8) is 0 Å². The number of amides is 2. The van der Waals surface area contributed by atoms with E-state index in [-0.39, 0.29) is 17.6 Å². The molecular weight excluding hydrogens is 612 g/mol. The van der Waals surface area contributed by atoms with Crippen molar-refractivity contribution in [3.8, 4) is 5.75 Å². The number of hydrogen-bond acceptors (Lipinski definition) is 5. The lowest BCUT2D eigenvalue weighted by atomic mass is 9.99. The number of benzene rings is 4. The minimum absolute atomic E-state index is 0.0947. The zero-order valence-corrected chi connectivity index (χ0v) is 23.1. The number of phenols is 1. The van der Waals surface area contributed by atoms with Gasteiger partial charge in [0.2, 0.25) is 0 Å². The number of hydrogen-bond donors (Lipinski definition) is 3. The largest absolute Gasteiger partial charge is 0.507 e. The Morgan fingerprint density at radius 2 is 1.18 bits per heavy atom. The summed E-state index contributed by atoms with van der Waals surface area (Å²) in [6.45, 7) is 0. The third-order valence-electron chi connectivity index (χ3n) is 5.39. The molecule has 2 amide bonds. The maximum atomic E-state index is 12.4. The molecule has 0 aliphatic heterocycles. The molecule has 0 heterocycles. The Hall–Kier alpha value is -4.08. The van der Waals surface area contributed by atoms with Crippen molar-refractivity contribution in [1.29, 1.82) is 0 Å². The van der Waals surface area contributed by atoms with Gasteiger partial charge in [0, 0.05) is 31.2 Å². The van der Waals surface area contributed by atoms with Gasteiger partial charge in [-0.1, -0.05) is 74.3 Å². The van der Waals surface area contributed by atoms with E-state index in [0.29, 0.717) is 28.7 Å². The highest BCUT2D eigenvalue weighted by atomic mass is 79.9. The van der Waals surface area contributed by atoms with Gasteiger partial charge in [0.25, 0.3) is 11.8 Å². The zero-order chi connectivity index (χ0) is 26.9. The first-order valence-electron chi connectivity index (χ1n) is 11.5. The summed E-state index contributed by atoms with van der Waals surface area (Å²) in [6, 6.07) is 27.3. The molecule has 0 unspecified atom stereocenters. The summed E-state index contributed by atoms with van der Waals surface area (Å²) in [7, 11) is 0. The summed E-state index contributed by atoms with van der Waals surface area (Å²) >= 11 is 6.68. The molecule has 0 aliphatic rings. The van der Waals surface area contributed by atoms with Crippen LogP contribution in [0.3, 0.4) is 0 Å². The molecule has 3 N–H and O–H groups in total. The molecule has 4 rings (SSSR count). The first-order valence-corrected chi connectivity index (χ1v) is 13.1. The topological polar surface area (TPSA) is 103 Å². The monoisotopic (exact) mass is 632 g/mol. The predicted octanol–water partition coefficient (Wildman–Crippen LogP) is 6.04. The molecule has 0 radical (unpaired) electrons. The summed E-state index contributed by atoms with van der Waals surface area (Å²) in [5.41, 5.74) is 8.55. The van der Waals surface area contributed by atoms with Gasteiger partial charge in [0.1, 0.15) is 5.75 Å². The molecule has 38 heavy (non-hydrogen) atoms. The van der Waals surface area contributed by atoms with E-state index < -0.39 is 0 Å². The highest BCUT2D eigenvalue weighted by molar-refractivity contribution is 9.10. The zero-order valence-electron chi connectivity index (χ0n) is 19.9. The van der Waals surface area contributed by atoms with Gasteiger partial charge < -0.3 is 5.11 Å². The molecule has 190 valence electrons. The smallest absolute Gasteiger partial charge is 0.271 e. The van der Waals surface area contributed by atoms with E-state index in [1.165, 1.54) is 12.4 Å². The minimum Gasteiger partial charge on any atom is -0.507 e. The fourth-order valence-electron chi connectivity index (χ4n) is 3.58. The van der Waals surface area contributed by atoms with Crippen molar-refractivity contribution in [2.24, 2.45) is 10.2 Å². The van der Waals surface area contributed by atoms with Crippen LogP contribution in [-0.4, -0.2) is 29.4 Å². The molecule has 9 heteroatoms. The quantitative estimate of drug-likeness (QED) is 0.163. The van der Waals surface area contributed by atoms with Crippen LogP contribution in [0.25, 0.3) is 0 Å². The third-order valence-corrected chi connectivity index (χ3v) is 6.38. The number of phenolic OH excluding ortho intramolecular Hbond substituents is 1. The summed E-state index contributed by atoms with van der Waals surface area (Å²) < 4.78 is 1.55. The molecule has 0 fully saturated rings. The minimum atomic E-state index is -0.389. The number of hydrazone groups is 2. The lowest BCUT2D eigenvalue weighted by Gasteiger charge is -2.09. The number of rotatable bonds is 8. The van der Waals surface area contributed by atoms with Crippen LogP contribution in [0.5, 0.6) is 5.75 Å². The lowest BCUT2D eigenvalue weighted by molar-refractivity contribution is 0.0947. The van der Waals surface area contributed by atoms with Crippen LogP contribution in [0.4, 0.5) is 0 Å². The highest BCUT2D eigenvalue weighted by Crippen LogP contribution is 2.24. The van der Waals surface area contributed by atoms with Crippen molar-refractivity contribution in [1.82, 2.24) is 10.9 Å².